The fourth-order valence-electron chi connectivity index (χ4n) is 1.78. The third-order valence-electron chi connectivity index (χ3n) is 2.92. The Kier molecular flexibility index (Phi) is 6.17. The van der Waals surface area contributed by atoms with Gasteiger partial charge in [0.25, 0.3) is 0 Å². The van der Waals surface area contributed by atoms with Crippen LogP contribution in [-0.2, 0) is 6.54 Å². The zero-order chi connectivity index (χ0) is 16.7. The van der Waals surface area contributed by atoms with Crippen molar-refractivity contribution in [1.29, 1.82) is 0 Å². The van der Waals surface area contributed by atoms with Crippen LogP contribution >= 0.6 is 11.6 Å². The van der Waals surface area contributed by atoms with Crippen molar-refractivity contribution in [2.45, 2.75) is 6.54 Å². The summed E-state index contributed by atoms with van der Waals surface area (Å²) in [5.41, 5.74) is 0.0811. The molecule has 0 atom stereocenters. The summed E-state index contributed by atoms with van der Waals surface area (Å²) in [5, 5.41) is 5.61. The Bertz CT molecular complexity index is 666. The molecule has 0 unspecified atom stereocenters. The first-order chi connectivity index (χ1) is 11.0. The van der Waals surface area contributed by atoms with Gasteiger partial charge < -0.3 is 15.4 Å². The molecule has 0 radical (unpaired) electrons. The Morgan fingerprint density at radius 3 is 2.57 bits per heavy atom. The largest absolute Gasteiger partial charge is 0.492 e. The molecule has 2 N–H and O–H groups in total. The summed E-state index contributed by atoms with van der Waals surface area (Å²) < 4.78 is 31.8. The first-order valence-corrected chi connectivity index (χ1v) is 7.26. The van der Waals surface area contributed by atoms with E-state index in [0.717, 1.165) is 18.2 Å². The van der Waals surface area contributed by atoms with E-state index < -0.39 is 17.7 Å². The third kappa shape index (κ3) is 5.75. The van der Waals surface area contributed by atoms with Crippen LogP contribution < -0.4 is 15.4 Å². The standard InChI is InChI=1S/C16H15ClF2N2O2/c17-12-1-4-14(5-2-12)23-8-7-20-16(22)21-10-11-9-13(18)3-6-15(11)19/h1-6,9H,7-8,10H2,(H2,20,21,22). The predicted molar refractivity (Wildman–Crippen MR) is 83.5 cm³/mol. The average Bonchev–Trinajstić information content (AvgIpc) is 2.54. The Hall–Kier alpha value is -2.34. The van der Waals surface area contributed by atoms with E-state index in [2.05, 4.69) is 10.6 Å². The second-order valence-electron chi connectivity index (χ2n) is 4.65. The minimum absolute atomic E-state index is 0.0811. The molecule has 0 aromatic heterocycles. The number of hydrogen-bond donors (Lipinski definition) is 2. The van der Waals surface area contributed by atoms with Crippen LogP contribution in [0.1, 0.15) is 5.56 Å². The molecule has 0 aliphatic carbocycles. The molecule has 0 aliphatic rings. The number of ether oxygens (including phenoxy) is 1. The summed E-state index contributed by atoms with van der Waals surface area (Å²) in [6, 6.07) is 9.42. The second-order valence-corrected chi connectivity index (χ2v) is 5.08. The molecule has 122 valence electrons. The van der Waals surface area contributed by atoms with Gasteiger partial charge in [0.1, 0.15) is 24.0 Å². The van der Waals surface area contributed by atoms with Crippen LogP contribution in [0.2, 0.25) is 5.02 Å². The highest BCUT2D eigenvalue weighted by Crippen LogP contribution is 2.15. The van der Waals surface area contributed by atoms with Gasteiger partial charge in [-0.1, -0.05) is 11.6 Å². The fourth-order valence-corrected chi connectivity index (χ4v) is 1.91. The summed E-state index contributed by atoms with van der Waals surface area (Å²) in [7, 11) is 0. The Labute approximate surface area is 137 Å². The molecule has 0 fully saturated rings. The van der Waals surface area contributed by atoms with Gasteiger partial charge >= 0.3 is 6.03 Å². The Balaban J connectivity index is 1.67. The molecule has 2 aromatic rings. The summed E-state index contributed by atoms with van der Waals surface area (Å²) in [5.74, 6) is -0.490. The lowest BCUT2D eigenvalue weighted by Gasteiger charge is -2.09. The van der Waals surface area contributed by atoms with Crippen LogP contribution in [0, 0.1) is 11.6 Å². The van der Waals surface area contributed by atoms with Crippen LogP contribution in [0.3, 0.4) is 0 Å². The van der Waals surface area contributed by atoms with Crippen molar-refractivity contribution >= 4 is 17.6 Å². The van der Waals surface area contributed by atoms with Crippen LogP contribution in [0.4, 0.5) is 13.6 Å². The Morgan fingerprint density at radius 1 is 1.09 bits per heavy atom. The van der Waals surface area contributed by atoms with Gasteiger partial charge in [0, 0.05) is 17.1 Å². The summed E-state index contributed by atoms with van der Waals surface area (Å²) in [6.45, 7) is 0.428. The monoisotopic (exact) mass is 340 g/mol. The van der Waals surface area contributed by atoms with Gasteiger partial charge in [-0.3, -0.25) is 0 Å². The van der Waals surface area contributed by atoms with Gasteiger partial charge in [-0.2, -0.15) is 0 Å². The van der Waals surface area contributed by atoms with E-state index in [1.807, 2.05) is 0 Å². The molecule has 4 nitrogen and oxygen atoms in total. The minimum Gasteiger partial charge on any atom is -0.492 e. The Morgan fingerprint density at radius 2 is 1.83 bits per heavy atom. The van der Waals surface area contributed by atoms with E-state index >= 15 is 0 Å². The number of halogens is 3. The van der Waals surface area contributed by atoms with Crippen LogP contribution in [0.15, 0.2) is 42.5 Å². The lowest BCUT2D eigenvalue weighted by Crippen LogP contribution is -2.37. The van der Waals surface area contributed by atoms with Crippen molar-refractivity contribution < 1.29 is 18.3 Å². The quantitative estimate of drug-likeness (QED) is 0.791. The molecule has 2 amide bonds. The van der Waals surface area contributed by atoms with Gasteiger partial charge in [-0.05, 0) is 42.5 Å². The molecule has 0 bridgehead atoms. The zero-order valence-corrected chi connectivity index (χ0v) is 12.9. The van der Waals surface area contributed by atoms with E-state index in [-0.39, 0.29) is 25.3 Å². The molecule has 23 heavy (non-hydrogen) atoms. The van der Waals surface area contributed by atoms with Gasteiger partial charge in [-0.15, -0.1) is 0 Å². The molecular weight excluding hydrogens is 326 g/mol. The van der Waals surface area contributed by atoms with Gasteiger partial charge in [0.2, 0.25) is 0 Å². The lowest BCUT2D eigenvalue weighted by molar-refractivity contribution is 0.236. The molecule has 0 aliphatic heterocycles. The van der Waals surface area contributed by atoms with Crippen LogP contribution in [0.5, 0.6) is 5.75 Å². The van der Waals surface area contributed by atoms with Crippen molar-refractivity contribution in [2.75, 3.05) is 13.2 Å². The summed E-state index contributed by atoms with van der Waals surface area (Å²) in [4.78, 5) is 11.6. The number of carbonyl (C=O) groups excluding carboxylic acids is 1. The van der Waals surface area contributed by atoms with Crippen molar-refractivity contribution in [3.05, 3.63) is 64.7 Å². The molecular formula is C16H15ClF2N2O2. The zero-order valence-electron chi connectivity index (χ0n) is 12.1. The molecule has 0 heterocycles. The van der Waals surface area contributed by atoms with Crippen molar-refractivity contribution in [3.8, 4) is 5.75 Å². The van der Waals surface area contributed by atoms with Crippen molar-refractivity contribution in [2.24, 2.45) is 0 Å². The normalized spacial score (nSPS) is 10.2. The molecule has 0 saturated carbocycles. The van der Waals surface area contributed by atoms with E-state index in [0.29, 0.717) is 10.8 Å². The maximum absolute atomic E-state index is 13.4. The first-order valence-electron chi connectivity index (χ1n) is 6.88. The maximum Gasteiger partial charge on any atom is 0.315 e. The summed E-state index contributed by atoms with van der Waals surface area (Å²) in [6.07, 6.45) is 0. The first kappa shape index (κ1) is 17.0. The number of benzene rings is 2. The predicted octanol–water partition coefficient (Wildman–Crippen LogP) is 3.50. The number of urea groups is 1. The maximum atomic E-state index is 13.4. The number of rotatable bonds is 6. The molecule has 2 rings (SSSR count). The molecule has 7 heteroatoms. The van der Waals surface area contributed by atoms with Gasteiger partial charge in [-0.25, -0.2) is 13.6 Å². The van der Waals surface area contributed by atoms with E-state index in [9.17, 15) is 13.6 Å². The number of carbonyl (C=O) groups is 1. The van der Waals surface area contributed by atoms with E-state index in [4.69, 9.17) is 16.3 Å². The highest BCUT2D eigenvalue weighted by atomic mass is 35.5. The lowest BCUT2D eigenvalue weighted by atomic mass is 10.2. The van der Waals surface area contributed by atoms with Gasteiger partial charge in [0.15, 0.2) is 0 Å². The second kappa shape index (κ2) is 8.33. The minimum atomic E-state index is -0.572. The molecule has 0 spiro atoms. The highest BCUT2D eigenvalue weighted by molar-refractivity contribution is 6.30. The van der Waals surface area contributed by atoms with Crippen LogP contribution in [0.25, 0.3) is 0 Å². The topological polar surface area (TPSA) is 50.4 Å². The number of nitrogens with one attached hydrogen (secondary N) is 2. The average molecular weight is 341 g/mol. The van der Waals surface area contributed by atoms with E-state index in [1.54, 1.807) is 24.3 Å². The summed E-state index contributed by atoms with van der Waals surface area (Å²) >= 11 is 5.75. The van der Waals surface area contributed by atoms with Crippen molar-refractivity contribution in [1.82, 2.24) is 10.6 Å². The molecule has 0 saturated heterocycles. The van der Waals surface area contributed by atoms with E-state index in [1.165, 1.54) is 0 Å². The van der Waals surface area contributed by atoms with Gasteiger partial charge in [0.05, 0.1) is 6.54 Å². The number of hydrogen-bond acceptors (Lipinski definition) is 2. The fraction of sp³-hybridized carbons (Fsp3) is 0.188. The SMILES string of the molecule is O=C(NCCOc1ccc(Cl)cc1)NCc1cc(F)ccc1F. The van der Waals surface area contributed by atoms with Crippen molar-refractivity contribution in [3.63, 3.8) is 0 Å². The smallest absolute Gasteiger partial charge is 0.315 e. The third-order valence-corrected chi connectivity index (χ3v) is 3.17. The number of amides is 2. The van der Waals surface area contributed by atoms with Crippen LogP contribution in [-0.4, -0.2) is 19.2 Å². The molecule has 2 aromatic carbocycles. The highest BCUT2D eigenvalue weighted by Gasteiger charge is 2.06.